The van der Waals surface area contributed by atoms with Gasteiger partial charge in [0.25, 0.3) is 0 Å². The van der Waals surface area contributed by atoms with E-state index in [1.165, 1.54) is 5.56 Å². The Morgan fingerprint density at radius 3 is 2.42 bits per heavy atom. The molecule has 2 rings (SSSR count). The van der Waals surface area contributed by atoms with Crippen LogP contribution in [-0.4, -0.2) is 28.0 Å². The molecule has 0 saturated carbocycles. The Bertz CT molecular complexity index is 512. The van der Waals surface area contributed by atoms with Gasteiger partial charge in [0, 0.05) is 31.0 Å². The fourth-order valence-corrected chi connectivity index (χ4v) is 1.85. The Morgan fingerprint density at radius 1 is 1.05 bits per heavy atom. The summed E-state index contributed by atoms with van der Waals surface area (Å²) in [5, 5.41) is 6.57. The maximum absolute atomic E-state index is 4.28. The fraction of sp³-hybridized carbons (Fsp3) is 0.357. The fourth-order valence-electron chi connectivity index (χ4n) is 1.85. The Hall–Kier alpha value is -2.17. The summed E-state index contributed by atoms with van der Waals surface area (Å²) in [6, 6.07) is 4.05. The molecule has 0 spiro atoms. The van der Waals surface area contributed by atoms with Gasteiger partial charge < -0.3 is 10.6 Å². The summed E-state index contributed by atoms with van der Waals surface area (Å²) >= 11 is 0. The summed E-state index contributed by atoms with van der Waals surface area (Å²) in [5.41, 5.74) is 2.32. The molecule has 100 valence electrons. The first-order valence-corrected chi connectivity index (χ1v) is 6.49. The molecule has 19 heavy (non-hydrogen) atoms. The third-order valence-corrected chi connectivity index (χ3v) is 2.88. The average Bonchev–Trinajstić information content (AvgIpc) is 2.44. The smallest absolute Gasteiger partial charge is 0.134 e. The number of hydrogen-bond acceptors (Lipinski definition) is 5. The number of rotatable bonds is 6. The van der Waals surface area contributed by atoms with Crippen LogP contribution in [0.2, 0.25) is 0 Å². The molecule has 0 unspecified atom stereocenters. The molecule has 0 amide bonds. The second-order valence-electron chi connectivity index (χ2n) is 4.26. The van der Waals surface area contributed by atoms with E-state index in [0.717, 1.165) is 36.7 Å². The van der Waals surface area contributed by atoms with E-state index >= 15 is 0 Å². The molecule has 0 bridgehead atoms. The average molecular weight is 257 g/mol. The van der Waals surface area contributed by atoms with Crippen LogP contribution in [0.25, 0.3) is 0 Å². The molecule has 2 N–H and O–H groups in total. The molecule has 0 aliphatic carbocycles. The van der Waals surface area contributed by atoms with Crippen LogP contribution in [0.1, 0.15) is 18.1 Å². The van der Waals surface area contributed by atoms with E-state index in [1.807, 2.05) is 31.5 Å². The van der Waals surface area contributed by atoms with Crippen molar-refractivity contribution in [2.75, 3.05) is 23.7 Å². The predicted octanol–water partition coefficient (Wildman–Crippen LogP) is 2.27. The van der Waals surface area contributed by atoms with Crippen molar-refractivity contribution in [2.24, 2.45) is 0 Å². The van der Waals surface area contributed by atoms with Gasteiger partial charge >= 0.3 is 0 Å². The number of nitrogens with zero attached hydrogens (tertiary/aromatic N) is 3. The largest absolute Gasteiger partial charge is 0.370 e. The van der Waals surface area contributed by atoms with Gasteiger partial charge in [0.1, 0.15) is 18.0 Å². The molecule has 2 aromatic rings. The molecule has 0 aromatic carbocycles. The third-order valence-electron chi connectivity index (χ3n) is 2.88. The second-order valence-corrected chi connectivity index (χ2v) is 4.26. The lowest BCUT2D eigenvalue weighted by atomic mass is 10.2. The van der Waals surface area contributed by atoms with Gasteiger partial charge in [0.15, 0.2) is 0 Å². The van der Waals surface area contributed by atoms with E-state index in [1.54, 1.807) is 6.33 Å². The van der Waals surface area contributed by atoms with Gasteiger partial charge in [0.05, 0.1) is 0 Å². The summed E-state index contributed by atoms with van der Waals surface area (Å²) in [7, 11) is 0. The van der Waals surface area contributed by atoms with Gasteiger partial charge in [0.2, 0.25) is 0 Å². The minimum atomic E-state index is 0.841. The lowest BCUT2D eigenvalue weighted by Crippen LogP contribution is -2.10. The van der Waals surface area contributed by atoms with Gasteiger partial charge in [-0.2, -0.15) is 0 Å². The van der Waals surface area contributed by atoms with Crippen molar-refractivity contribution in [3.63, 3.8) is 0 Å². The first-order valence-electron chi connectivity index (χ1n) is 6.49. The van der Waals surface area contributed by atoms with Crippen molar-refractivity contribution < 1.29 is 0 Å². The highest BCUT2D eigenvalue weighted by molar-refractivity contribution is 5.56. The maximum atomic E-state index is 4.28. The van der Waals surface area contributed by atoms with E-state index in [-0.39, 0.29) is 0 Å². The molecular formula is C14H19N5. The first-order chi connectivity index (χ1) is 9.31. The highest BCUT2D eigenvalue weighted by atomic mass is 15.1. The van der Waals surface area contributed by atoms with Gasteiger partial charge in [-0.15, -0.1) is 0 Å². The van der Waals surface area contributed by atoms with Crippen molar-refractivity contribution in [3.05, 3.63) is 42.0 Å². The zero-order chi connectivity index (χ0) is 13.5. The Morgan fingerprint density at radius 2 is 1.74 bits per heavy atom. The zero-order valence-corrected chi connectivity index (χ0v) is 11.3. The molecule has 0 aliphatic rings. The quantitative estimate of drug-likeness (QED) is 0.831. The van der Waals surface area contributed by atoms with Crippen LogP contribution in [0.4, 0.5) is 11.6 Å². The first kappa shape index (κ1) is 13.3. The normalized spacial score (nSPS) is 10.2. The van der Waals surface area contributed by atoms with Gasteiger partial charge in [-0.1, -0.05) is 0 Å². The number of aromatic nitrogens is 3. The van der Waals surface area contributed by atoms with E-state index in [4.69, 9.17) is 0 Å². The molecule has 5 nitrogen and oxygen atoms in total. The van der Waals surface area contributed by atoms with Crippen molar-refractivity contribution >= 4 is 11.6 Å². The highest BCUT2D eigenvalue weighted by Gasteiger charge is 2.05. The Kier molecular flexibility index (Phi) is 4.66. The van der Waals surface area contributed by atoms with Crippen LogP contribution in [0.15, 0.2) is 30.9 Å². The maximum Gasteiger partial charge on any atom is 0.134 e. The molecule has 0 fully saturated rings. The molecule has 5 heteroatoms. The van der Waals surface area contributed by atoms with E-state index in [2.05, 4.69) is 32.5 Å². The van der Waals surface area contributed by atoms with Gasteiger partial charge in [-0.25, -0.2) is 9.97 Å². The molecule has 0 radical (unpaired) electrons. The summed E-state index contributed by atoms with van der Waals surface area (Å²) in [6.45, 7) is 5.77. The Balaban J connectivity index is 1.94. The summed E-state index contributed by atoms with van der Waals surface area (Å²) in [6.07, 6.45) is 6.16. The SMILES string of the molecule is CCNc1ncnc(NCCc2ccncc2)c1C. The van der Waals surface area contributed by atoms with Crippen LogP contribution in [-0.2, 0) is 6.42 Å². The number of nitrogens with one attached hydrogen (secondary N) is 2. The number of anilines is 2. The molecule has 2 heterocycles. The lowest BCUT2D eigenvalue weighted by Gasteiger charge is -2.11. The molecule has 2 aromatic heterocycles. The number of hydrogen-bond donors (Lipinski definition) is 2. The molecule has 0 saturated heterocycles. The van der Waals surface area contributed by atoms with E-state index < -0.39 is 0 Å². The minimum absolute atomic E-state index is 0.841. The van der Waals surface area contributed by atoms with E-state index in [9.17, 15) is 0 Å². The molecule has 0 aliphatic heterocycles. The zero-order valence-electron chi connectivity index (χ0n) is 11.3. The molecular weight excluding hydrogens is 238 g/mol. The molecule has 0 atom stereocenters. The topological polar surface area (TPSA) is 62.7 Å². The summed E-state index contributed by atoms with van der Waals surface area (Å²) < 4.78 is 0. The van der Waals surface area contributed by atoms with Crippen molar-refractivity contribution in [2.45, 2.75) is 20.3 Å². The minimum Gasteiger partial charge on any atom is -0.370 e. The van der Waals surface area contributed by atoms with Crippen LogP contribution in [0.5, 0.6) is 0 Å². The second kappa shape index (κ2) is 6.68. The third kappa shape index (κ3) is 3.64. The standard InChI is InChI=1S/C14H19N5/c1-3-16-13-11(2)14(19-10-18-13)17-9-6-12-4-7-15-8-5-12/h4-5,7-8,10H,3,6,9H2,1-2H3,(H2,16,17,18,19). The summed E-state index contributed by atoms with van der Waals surface area (Å²) in [5.74, 6) is 1.78. The van der Waals surface area contributed by atoms with E-state index in [0.29, 0.717) is 0 Å². The highest BCUT2D eigenvalue weighted by Crippen LogP contribution is 2.17. The van der Waals surface area contributed by atoms with Gasteiger partial charge in [-0.05, 0) is 38.0 Å². The van der Waals surface area contributed by atoms with Crippen molar-refractivity contribution in [1.82, 2.24) is 15.0 Å². The lowest BCUT2D eigenvalue weighted by molar-refractivity contribution is 0.984. The number of pyridine rings is 1. The van der Waals surface area contributed by atoms with Crippen LogP contribution >= 0.6 is 0 Å². The monoisotopic (exact) mass is 257 g/mol. The summed E-state index contributed by atoms with van der Waals surface area (Å²) in [4.78, 5) is 12.5. The Labute approximate surface area is 113 Å². The van der Waals surface area contributed by atoms with Gasteiger partial charge in [-0.3, -0.25) is 4.98 Å². The van der Waals surface area contributed by atoms with Crippen LogP contribution < -0.4 is 10.6 Å². The van der Waals surface area contributed by atoms with Crippen LogP contribution in [0, 0.1) is 6.92 Å². The van der Waals surface area contributed by atoms with Crippen molar-refractivity contribution in [1.29, 1.82) is 0 Å². The van der Waals surface area contributed by atoms with Crippen molar-refractivity contribution in [3.8, 4) is 0 Å². The van der Waals surface area contributed by atoms with Crippen LogP contribution in [0.3, 0.4) is 0 Å². The predicted molar refractivity (Wildman–Crippen MR) is 77.4 cm³/mol.